The van der Waals surface area contributed by atoms with Crippen LogP contribution in [0.2, 0.25) is 5.02 Å². The molecule has 154 valence electrons. The van der Waals surface area contributed by atoms with Crippen LogP contribution in [-0.4, -0.2) is 21.9 Å². The predicted octanol–water partition coefficient (Wildman–Crippen LogP) is 5.59. The highest BCUT2D eigenvalue weighted by Crippen LogP contribution is 2.50. The Kier molecular flexibility index (Phi) is 4.90. The molecule has 5 rings (SSSR count). The Morgan fingerprint density at radius 1 is 1.10 bits per heavy atom. The summed E-state index contributed by atoms with van der Waals surface area (Å²) >= 11 is 6.35. The van der Waals surface area contributed by atoms with E-state index in [9.17, 15) is 9.90 Å². The zero-order valence-corrected chi connectivity index (χ0v) is 17.7. The molecule has 1 heterocycles. The zero-order chi connectivity index (χ0) is 20.8. The normalized spacial score (nSPS) is 24.1. The fourth-order valence-corrected chi connectivity index (χ4v) is 5.75. The number of aromatic nitrogens is 1. The van der Waals surface area contributed by atoms with E-state index >= 15 is 0 Å². The second-order valence-corrected chi connectivity index (χ2v) is 9.14. The lowest BCUT2D eigenvalue weighted by Gasteiger charge is -2.25. The third-order valence-corrected chi connectivity index (χ3v) is 7.37. The van der Waals surface area contributed by atoms with Gasteiger partial charge in [-0.05, 0) is 62.1 Å². The molecule has 3 aromatic rings. The molecule has 4 nitrogen and oxygen atoms in total. The molecule has 1 N–H and O–H groups in total. The summed E-state index contributed by atoms with van der Waals surface area (Å²) in [5, 5.41) is 12.8. The first-order chi connectivity index (χ1) is 14.5. The quantitative estimate of drug-likeness (QED) is 0.559. The van der Waals surface area contributed by atoms with Gasteiger partial charge in [-0.15, -0.1) is 0 Å². The van der Waals surface area contributed by atoms with Gasteiger partial charge in [0.1, 0.15) is 0 Å². The summed E-state index contributed by atoms with van der Waals surface area (Å²) in [5.74, 6) is 2.14. The van der Waals surface area contributed by atoms with Gasteiger partial charge in [-0.3, -0.25) is 9.79 Å². The SMILES string of the molecule is CC(N=Cc1c(O)n(-c2ccccc2Cl)c(=O)c2ccccc12)C1CC2CCC1C2. The van der Waals surface area contributed by atoms with Gasteiger partial charge in [-0.2, -0.15) is 0 Å². The molecule has 2 aliphatic rings. The molecule has 2 bridgehead atoms. The summed E-state index contributed by atoms with van der Waals surface area (Å²) in [6.45, 7) is 2.17. The topological polar surface area (TPSA) is 54.6 Å². The molecule has 1 aromatic heterocycles. The van der Waals surface area contributed by atoms with Gasteiger partial charge in [0.2, 0.25) is 5.88 Å². The average molecular weight is 421 g/mol. The highest BCUT2D eigenvalue weighted by Gasteiger charge is 2.41. The molecule has 2 aliphatic carbocycles. The van der Waals surface area contributed by atoms with Crippen LogP contribution in [0.25, 0.3) is 16.5 Å². The molecule has 0 radical (unpaired) electrons. The van der Waals surface area contributed by atoms with Gasteiger partial charge < -0.3 is 5.11 Å². The van der Waals surface area contributed by atoms with E-state index in [0.717, 1.165) is 11.8 Å². The minimum atomic E-state index is -0.297. The van der Waals surface area contributed by atoms with Crippen molar-refractivity contribution in [3.8, 4) is 11.6 Å². The van der Waals surface area contributed by atoms with Crippen LogP contribution in [0.1, 0.15) is 38.2 Å². The van der Waals surface area contributed by atoms with Crippen LogP contribution in [-0.2, 0) is 0 Å². The van der Waals surface area contributed by atoms with E-state index in [1.54, 1.807) is 36.5 Å². The standard InChI is InChI=1S/C25H25ClN2O2/c1-15(20-13-16-10-11-17(20)12-16)27-14-21-18-6-2-3-7-19(18)24(29)28(25(21)30)23-9-5-4-8-22(23)26/h2-9,14-17,20,30H,10-13H2,1H3. The summed E-state index contributed by atoms with van der Waals surface area (Å²) < 4.78 is 1.29. The molecular weight excluding hydrogens is 396 g/mol. The molecule has 2 saturated carbocycles. The number of nitrogens with zero attached hydrogens (tertiary/aromatic N) is 2. The van der Waals surface area contributed by atoms with Crippen molar-refractivity contribution in [2.45, 2.75) is 38.6 Å². The number of hydrogen-bond acceptors (Lipinski definition) is 3. The molecule has 5 heteroatoms. The van der Waals surface area contributed by atoms with E-state index in [1.165, 1.54) is 30.3 Å². The Labute approximate surface area is 180 Å². The number of halogens is 1. The average Bonchev–Trinajstić information content (AvgIpc) is 3.39. The van der Waals surface area contributed by atoms with Gasteiger partial charge >= 0.3 is 0 Å². The summed E-state index contributed by atoms with van der Waals surface area (Å²) in [6, 6.07) is 14.6. The molecule has 30 heavy (non-hydrogen) atoms. The van der Waals surface area contributed by atoms with Gasteiger partial charge in [-0.1, -0.05) is 48.4 Å². The van der Waals surface area contributed by atoms with E-state index in [4.69, 9.17) is 16.6 Å². The van der Waals surface area contributed by atoms with Crippen molar-refractivity contribution < 1.29 is 5.11 Å². The zero-order valence-electron chi connectivity index (χ0n) is 17.0. The fraction of sp³-hybridized carbons (Fsp3) is 0.360. The molecule has 0 aliphatic heterocycles. The summed E-state index contributed by atoms with van der Waals surface area (Å²) in [7, 11) is 0. The van der Waals surface area contributed by atoms with E-state index < -0.39 is 0 Å². The smallest absolute Gasteiger partial charge is 0.265 e. The first-order valence-electron chi connectivity index (χ1n) is 10.7. The minimum Gasteiger partial charge on any atom is -0.494 e. The lowest BCUT2D eigenvalue weighted by Crippen LogP contribution is -2.22. The Hall–Kier alpha value is -2.59. The van der Waals surface area contributed by atoms with Crippen molar-refractivity contribution in [3.63, 3.8) is 0 Å². The Morgan fingerprint density at radius 3 is 2.53 bits per heavy atom. The molecule has 0 saturated heterocycles. The number of rotatable bonds is 4. The van der Waals surface area contributed by atoms with Gasteiger partial charge in [-0.25, -0.2) is 4.57 Å². The predicted molar refractivity (Wildman–Crippen MR) is 122 cm³/mol. The summed E-state index contributed by atoms with van der Waals surface area (Å²) in [4.78, 5) is 18.0. The molecule has 2 aromatic carbocycles. The van der Waals surface area contributed by atoms with Gasteiger partial charge in [0.05, 0.1) is 22.3 Å². The van der Waals surface area contributed by atoms with E-state index in [0.29, 0.717) is 33.0 Å². The first-order valence-corrected chi connectivity index (χ1v) is 11.1. The van der Waals surface area contributed by atoms with E-state index in [1.807, 2.05) is 18.2 Å². The number of hydrogen-bond donors (Lipinski definition) is 1. The molecule has 4 unspecified atom stereocenters. The molecule has 2 fully saturated rings. The monoisotopic (exact) mass is 420 g/mol. The van der Waals surface area contributed by atoms with Crippen molar-refractivity contribution in [2.24, 2.45) is 22.7 Å². The fourth-order valence-electron chi connectivity index (χ4n) is 5.53. The molecular formula is C25H25ClN2O2. The van der Waals surface area contributed by atoms with Crippen LogP contribution in [0.4, 0.5) is 0 Å². The van der Waals surface area contributed by atoms with Crippen molar-refractivity contribution in [1.82, 2.24) is 4.57 Å². The largest absolute Gasteiger partial charge is 0.494 e. The van der Waals surface area contributed by atoms with Crippen molar-refractivity contribution in [1.29, 1.82) is 0 Å². The minimum absolute atomic E-state index is 0.129. The summed E-state index contributed by atoms with van der Waals surface area (Å²) in [6.07, 6.45) is 7.04. The van der Waals surface area contributed by atoms with Crippen molar-refractivity contribution in [3.05, 3.63) is 69.5 Å². The highest BCUT2D eigenvalue weighted by molar-refractivity contribution is 6.32. The van der Waals surface area contributed by atoms with Crippen molar-refractivity contribution >= 4 is 28.6 Å². The third-order valence-electron chi connectivity index (χ3n) is 7.05. The van der Waals surface area contributed by atoms with Crippen LogP contribution in [0, 0.1) is 17.8 Å². The number of aromatic hydroxyl groups is 1. The molecule has 4 atom stereocenters. The maximum Gasteiger partial charge on any atom is 0.265 e. The second-order valence-electron chi connectivity index (χ2n) is 8.73. The van der Waals surface area contributed by atoms with Crippen LogP contribution in [0.3, 0.4) is 0 Å². The van der Waals surface area contributed by atoms with Crippen LogP contribution in [0.15, 0.2) is 58.3 Å². The Morgan fingerprint density at radius 2 is 1.83 bits per heavy atom. The molecule has 0 spiro atoms. The Balaban J connectivity index is 1.63. The van der Waals surface area contributed by atoms with Gasteiger partial charge in [0.25, 0.3) is 5.56 Å². The molecule has 0 amide bonds. The van der Waals surface area contributed by atoms with Crippen LogP contribution < -0.4 is 5.56 Å². The highest BCUT2D eigenvalue weighted by atomic mass is 35.5. The van der Waals surface area contributed by atoms with Gasteiger partial charge in [0, 0.05) is 17.0 Å². The lowest BCUT2D eigenvalue weighted by molar-refractivity contribution is 0.294. The second kappa shape index (κ2) is 7.59. The first kappa shape index (κ1) is 19.4. The number of aliphatic imine (C=N–C) groups is 1. The number of fused-ring (bicyclic) bond motifs is 3. The maximum atomic E-state index is 13.2. The van der Waals surface area contributed by atoms with Crippen LogP contribution >= 0.6 is 11.6 Å². The lowest BCUT2D eigenvalue weighted by atomic mass is 9.84. The summed E-state index contributed by atoms with van der Waals surface area (Å²) in [5.41, 5.74) is 0.720. The van der Waals surface area contributed by atoms with E-state index in [2.05, 4.69) is 6.92 Å². The van der Waals surface area contributed by atoms with Crippen LogP contribution in [0.5, 0.6) is 5.88 Å². The number of pyridine rings is 1. The van der Waals surface area contributed by atoms with Gasteiger partial charge in [0.15, 0.2) is 0 Å². The van der Waals surface area contributed by atoms with E-state index in [-0.39, 0.29) is 17.5 Å². The number of para-hydroxylation sites is 1. The number of benzene rings is 2. The Bertz CT molecular complexity index is 1200. The maximum absolute atomic E-state index is 13.2. The van der Waals surface area contributed by atoms with Crippen molar-refractivity contribution in [2.75, 3.05) is 0 Å². The third kappa shape index (κ3) is 3.14.